The van der Waals surface area contributed by atoms with Crippen molar-refractivity contribution < 1.29 is 9.90 Å². The second kappa shape index (κ2) is 6.91. The average molecular weight is 336 g/mol. The molecule has 0 fully saturated rings. The smallest absolute Gasteiger partial charge is 0.258 e. The van der Waals surface area contributed by atoms with E-state index in [4.69, 9.17) is 0 Å². The number of hydrogen-bond acceptors (Lipinski definition) is 3. The largest absolute Gasteiger partial charge is 0.392 e. The van der Waals surface area contributed by atoms with Crippen molar-refractivity contribution >= 4 is 22.4 Å². The summed E-state index contributed by atoms with van der Waals surface area (Å²) >= 11 is 0. The predicted molar refractivity (Wildman–Crippen MR) is 99.0 cm³/mol. The highest BCUT2D eigenvalue weighted by atomic mass is 16.3. The first-order valence-electron chi connectivity index (χ1n) is 8.14. The van der Waals surface area contributed by atoms with Gasteiger partial charge in [0.25, 0.3) is 11.5 Å². The quantitative estimate of drug-likeness (QED) is 0.769. The molecule has 2 aromatic carbocycles. The van der Waals surface area contributed by atoms with Gasteiger partial charge in [-0.05, 0) is 43.7 Å². The Morgan fingerprint density at radius 3 is 2.60 bits per heavy atom. The predicted octanol–water partition coefficient (Wildman–Crippen LogP) is 2.94. The number of aliphatic hydroxyl groups excluding tert-OH is 1. The van der Waals surface area contributed by atoms with E-state index in [0.717, 1.165) is 5.56 Å². The van der Waals surface area contributed by atoms with E-state index in [1.807, 2.05) is 25.1 Å². The molecule has 0 bridgehead atoms. The van der Waals surface area contributed by atoms with E-state index in [-0.39, 0.29) is 18.0 Å². The maximum atomic E-state index is 12.6. The molecule has 3 aromatic rings. The molecule has 3 rings (SSSR count). The SMILES string of the molecule is Cc1ccccc1C(=O)Nc1cccc2c(=O)n(CC(C)O)ccc12. The van der Waals surface area contributed by atoms with E-state index < -0.39 is 6.10 Å². The zero-order valence-electron chi connectivity index (χ0n) is 14.2. The molecule has 5 nitrogen and oxygen atoms in total. The van der Waals surface area contributed by atoms with Crippen LogP contribution in [0.2, 0.25) is 0 Å². The van der Waals surface area contributed by atoms with Crippen molar-refractivity contribution in [3.8, 4) is 0 Å². The molecule has 1 atom stereocenters. The highest BCUT2D eigenvalue weighted by Gasteiger charge is 2.12. The normalized spacial score (nSPS) is 12.1. The number of aryl methyl sites for hydroxylation is 1. The number of rotatable bonds is 4. The molecule has 0 aliphatic heterocycles. The lowest BCUT2D eigenvalue weighted by Gasteiger charge is -2.12. The third-order valence-corrected chi connectivity index (χ3v) is 4.12. The first-order chi connectivity index (χ1) is 12.0. The summed E-state index contributed by atoms with van der Waals surface area (Å²) in [5, 5.41) is 13.6. The topological polar surface area (TPSA) is 71.3 Å². The van der Waals surface area contributed by atoms with Gasteiger partial charge in [-0.2, -0.15) is 0 Å². The molecule has 25 heavy (non-hydrogen) atoms. The lowest BCUT2D eigenvalue weighted by molar-refractivity contribution is 0.102. The molecule has 0 aliphatic rings. The number of aromatic nitrogens is 1. The van der Waals surface area contributed by atoms with Crippen molar-refractivity contribution in [2.45, 2.75) is 26.5 Å². The first-order valence-corrected chi connectivity index (χ1v) is 8.14. The van der Waals surface area contributed by atoms with Gasteiger partial charge >= 0.3 is 0 Å². The number of nitrogens with one attached hydrogen (secondary N) is 1. The number of carbonyl (C=O) groups is 1. The van der Waals surface area contributed by atoms with Crippen LogP contribution in [-0.4, -0.2) is 21.7 Å². The minimum Gasteiger partial charge on any atom is -0.392 e. The van der Waals surface area contributed by atoms with Crippen LogP contribution in [0.3, 0.4) is 0 Å². The van der Waals surface area contributed by atoms with Crippen LogP contribution in [-0.2, 0) is 6.54 Å². The molecule has 0 spiro atoms. The van der Waals surface area contributed by atoms with Gasteiger partial charge in [0.2, 0.25) is 0 Å². The Morgan fingerprint density at radius 1 is 1.12 bits per heavy atom. The number of hydrogen-bond donors (Lipinski definition) is 2. The van der Waals surface area contributed by atoms with Crippen LogP contribution in [0.4, 0.5) is 5.69 Å². The van der Waals surface area contributed by atoms with Crippen LogP contribution in [0, 0.1) is 6.92 Å². The molecule has 5 heteroatoms. The van der Waals surface area contributed by atoms with Crippen molar-refractivity contribution in [2.24, 2.45) is 0 Å². The third kappa shape index (κ3) is 3.46. The second-order valence-corrected chi connectivity index (χ2v) is 6.16. The van der Waals surface area contributed by atoms with Gasteiger partial charge in [0.05, 0.1) is 12.6 Å². The third-order valence-electron chi connectivity index (χ3n) is 4.12. The minimum absolute atomic E-state index is 0.189. The van der Waals surface area contributed by atoms with E-state index in [0.29, 0.717) is 22.0 Å². The molecule has 1 unspecified atom stereocenters. The summed E-state index contributed by atoms with van der Waals surface area (Å²) in [6.45, 7) is 3.75. The Morgan fingerprint density at radius 2 is 1.88 bits per heavy atom. The summed E-state index contributed by atoms with van der Waals surface area (Å²) in [5.41, 5.74) is 1.89. The van der Waals surface area contributed by atoms with E-state index >= 15 is 0 Å². The van der Waals surface area contributed by atoms with Gasteiger partial charge in [-0.15, -0.1) is 0 Å². The van der Waals surface area contributed by atoms with Gasteiger partial charge in [0, 0.05) is 28.2 Å². The van der Waals surface area contributed by atoms with Gasteiger partial charge in [0.1, 0.15) is 0 Å². The standard InChI is InChI=1S/C20H20N2O3/c1-13-6-3-4-7-15(13)19(24)21-18-9-5-8-17-16(18)10-11-22(20(17)25)12-14(2)23/h3-11,14,23H,12H2,1-2H3,(H,21,24). The monoisotopic (exact) mass is 336 g/mol. The Kier molecular flexibility index (Phi) is 4.67. The van der Waals surface area contributed by atoms with E-state index in [9.17, 15) is 14.7 Å². The summed E-state index contributed by atoms with van der Waals surface area (Å²) in [5.74, 6) is -0.209. The fraction of sp³-hybridized carbons (Fsp3) is 0.200. The molecule has 128 valence electrons. The molecular weight excluding hydrogens is 316 g/mol. The van der Waals surface area contributed by atoms with Gasteiger partial charge in [-0.1, -0.05) is 24.3 Å². The number of carbonyl (C=O) groups excluding carboxylic acids is 1. The Bertz CT molecular complexity index is 990. The molecular formula is C20H20N2O3. The first kappa shape index (κ1) is 16.9. The number of nitrogens with zero attached hydrogens (tertiary/aromatic N) is 1. The Balaban J connectivity index is 2.00. The Labute approximate surface area is 145 Å². The number of pyridine rings is 1. The fourth-order valence-corrected chi connectivity index (χ4v) is 2.87. The maximum Gasteiger partial charge on any atom is 0.258 e. The molecule has 0 radical (unpaired) electrons. The molecule has 2 N–H and O–H groups in total. The second-order valence-electron chi connectivity index (χ2n) is 6.16. The van der Waals surface area contributed by atoms with Crippen molar-refractivity contribution in [1.82, 2.24) is 4.57 Å². The van der Waals surface area contributed by atoms with Gasteiger partial charge in [0.15, 0.2) is 0 Å². The van der Waals surface area contributed by atoms with Crippen LogP contribution in [0.15, 0.2) is 59.5 Å². The molecule has 0 aliphatic carbocycles. The fourth-order valence-electron chi connectivity index (χ4n) is 2.87. The molecule has 1 amide bonds. The van der Waals surface area contributed by atoms with Crippen molar-refractivity contribution in [3.63, 3.8) is 0 Å². The highest BCUT2D eigenvalue weighted by Crippen LogP contribution is 2.22. The molecule has 0 saturated carbocycles. The molecule has 1 heterocycles. The van der Waals surface area contributed by atoms with E-state index in [2.05, 4.69) is 5.32 Å². The maximum absolute atomic E-state index is 12.6. The summed E-state index contributed by atoms with van der Waals surface area (Å²) < 4.78 is 1.47. The van der Waals surface area contributed by atoms with Crippen molar-refractivity contribution in [2.75, 3.05) is 5.32 Å². The van der Waals surface area contributed by atoms with Crippen LogP contribution >= 0.6 is 0 Å². The Hall–Kier alpha value is -2.92. The van der Waals surface area contributed by atoms with Crippen molar-refractivity contribution in [3.05, 3.63) is 76.2 Å². The molecule has 1 aromatic heterocycles. The lowest BCUT2D eigenvalue weighted by atomic mass is 10.1. The number of benzene rings is 2. The minimum atomic E-state index is -0.612. The number of aliphatic hydroxyl groups is 1. The van der Waals surface area contributed by atoms with E-state index in [1.165, 1.54) is 4.57 Å². The molecule has 0 saturated heterocycles. The summed E-state index contributed by atoms with van der Waals surface area (Å²) in [6, 6.07) is 14.4. The van der Waals surface area contributed by atoms with Crippen molar-refractivity contribution in [1.29, 1.82) is 0 Å². The summed E-state index contributed by atoms with van der Waals surface area (Å²) in [4.78, 5) is 25.1. The van der Waals surface area contributed by atoms with E-state index in [1.54, 1.807) is 43.5 Å². The number of anilines is 1. The average Bonchev–Trinajstić information content (AvgIpc) is 2.58. The summed E-state index contributed by atoms with van der Waals surface area (Å²) in [7, 11) is 0. The zero-order chi connectivity index (χ0) is 18.0. The lowest BCUT2D eigenvalue weighted by Crippen LogP contribution is -2.25. The van der Waals surface area contributed by atoms with Crippen LogP contribution < -0.4 is 10.9 Å². The van der Waals surface area contributed by atoms with Crippen LogP contribution in [0.1, 0.15) is 22.8 Å². The van der Waals surface area contributed by atoms with Crippen LogP contribution in [0.5, 0.6) is 0 Å². The number of fused-ring (bicyclic) bond motifs is 1. The van der Waals surface area contributed by atoms with Gasteiger partial charge in [-0.25, -0.2) is 0 Å². The number of amides is 1. The summed E-state index contributed by atoms with van der Waals surface area (Å²) in [6.07, 6.45) is 1.03. The zero-order valence-corrected chi connectivity index (χ0v) is 14.2. The van der Waals surface area contributed by atoms with Gasteiger partial charge < -0.3 is 15.0 Å². The van der Waals surface area contributed by atoms with Crippen LogP contribution in [0.25, 0.3) is 10.8 Å². The van der Waals surface area contributed by atoms with Gasteiger partial charge in [-0.3, -0.25) is 9.59 Å². The highest BCUT2D eigenvalue weighted by molar-refractivity contribution is 6.09.